The molecule has 0 spiro atoms. The Bertz CT molecular complexity index is 924. The lowest BCUT2D eigenvalue weighted by atomic mass is 10.1. The second-order valence-corrected chi connectivity index (χ2v) is 9.26. The number of nitrogens with one attached hydrogen (secondary N) is 1. The van der Waals surface area contributed by atoms with E-state index in [1.54, 1.807) is 14.9 Å². The number of nitrogens with zero attached hydrogens (tertiary/aromatic N) is 5. The summed E-state index contributed by atoms with van der Waals surface area (Å²) >= 11 is 0. The molecule has 1 N–H and O–H groups in total. The quantitative estimate of drug-likeness (QED) is 0.788. The smallest absolute Gasteiger partial charge is 0.270 e. The Labute approximate surface area is 159 Å². The van der Waals surface area contributed by atoms with Crippen molar-refractivity contribution in [2.24, 2.45) is 0 Å². The Morgan fingerprint density at radius 2 is 2.15 bits per heavy atom. The van der Waals surface area contributed by atoms with E-state index in [1.807, 2.05) is 20.8 Å². The summed E-state index contributed by atoms with van der Waals surface area (Å²) < 4.78 is 28.2. The first kappa shape index (κ1) is 19.7. The van der Waals surface area contributed by atoms with Gasteiger partial charge in [0.1, 0.15) is 12.0 Å². The first-order valence-corrected chi connectivity index (χ1v) is 10.9. The maximum absolute atomic E-state index is 12.5. The Morgan fingerprint density at radius 1 is 1.37 bits per heavy atom. The van der Waals surface area contributed by atoms with Crippen LogP contribution in [0.2, 0.25) is 0 Å². The summed E-state index contributed by atoms with van der Waals surface area (Å²) in [6, 6.07) is 1.69. The van der Waals surface area contributed by atoms with Crippen LogP contribution in [0.15, 0.2) is 12.4 Å². The van der Waals surface area contributed by atoms with Crippen molar-refractivity contribution in [3.8, 4) is 0 Å². The van der Waals surface area contributed by atoms with Gasteiger partial charge in [-0.15, -0.1) is 0 Å². The second-order valence-electron chi connectivity index (χ2n) is 7.22. The van der Waals surface area contributed by atoms with Gasteiger partial charge in [0, 0.05) is 19.1 Å². The van der Waals surface area contributed by atoms with Gasteiger partial charge in [0.15, 0.2) is 0 Å². The van der Waals surface area contributed by atoms with Crippen LogP contribution in [0.4, 0.5) is 0 Å². The van der Waals surface area contributed by atoms with Gasteiger partial charge in [-0.1, -0.05) is 20.3 Å². The van der Waals surface area contributed by atoms with Gasteiger partial charge in [0.05, 0.1) is 11.4 Å². The number of rotatable bonds is 6. The number of sulfonamides is 1. The summed E-state index contributed by atoms with van der Waals surface area (Å²) in [6.07, 6.45) is 4.21. The summed E-state index contributed by atoms with van der Waals surface area (Å²) in [5.41, 5.74) is 1.03. The minimum Gasteiger partial charge on any atom is -0.350 e. The number of hydrogen-bond acceptors (Lipinski definition) is 6. The molecule has 0 saturated carbocycles. The fourth-order valence-electron chi connectivity index (χ4n) is 3.35. The normalized spacial score (nSPS) is 18.9. The van der Waals surface area contributed by atoms with Crippen LogP contribution in [-0.2, 0) is 10.0 Å². The van der Waals surface area contributed by atoms with E-state index in [-0.39, 0.29) is 30.0 Å². The Hall–Kier alpha value is -2.07. The molecule has 2 aromatic heterocycles. The predicted molar refractivity (Wildman–Crippen MR) is 101 cm³/mol. The third-order valence-corrected chi connectivity index (χ3v) is 6.83. The van der Waals surface area contributed by atoms with Crippen molar-refractivity contribution in [3.63, 3.8) is 0 Å². The van der Waals surface area contributed by atoms with E-state index in [1.165, 1.54) is 6.33 Å². The van der Waals surface area contributed by atoms with Gasteiger partial charge in [-0.05, 0) is 31.7 Å². The predicted octanol–water partition coefficient (Wildman–Crippen LogP) is 1.18. The molecule has 3 rings (SSSR count). The maximum Gasteiger partial charge on any atom is 0.270 e. The van der Waals surface area contributed by atoms with Crippen LogP contribution < -0.4 is 5.32 Å². The SMILES string of the molecule is CC(C)c1cc(C(=O)NCCS(=O)(=O)N2CCCC[C@@H]2C)nc2ncnn12. The van der Waals surface area contributed by atoms with Crippen molar-refractivity contribution in [2.75, 3.05) is 18.8 Å². The summed E-state index contributed by atoms with van der Waals surface area (Å²) in [7, 11) is -3.39. The maximum atomic E-state index is 12.5. The third kappa shape index (κ3) is 4.27. The first-order valence-electron chi connectivity index (χ1n) is 9.28. The standard InChI is InChI=1S/C17H26N6O3S/c1-12(2)15-10-14(21-17-19-11-20-23(15)17)16(24)18-7-9-27(25,26)22-8-5-4-6-13(22)3/h10-13H,4-9H2,1-3H3,(H,18,24)/t13-/m0/s1. The van der Waals surface area contributed by atoms with Crippen molar-refractivity contribution >= 4 is 21.7 Å². The number of carbonyl (C=O) groups excluding carboxylic acids is 1. The van der Waals surface area contributed by atoms with Gasteiger partial charge in [0.2, 0.25) is 10.0 Å². The number of piperidine rings is 1. The van der Waals surface area contributed by atoms with Gasteiger partial charge >= 0.3 is 0 Å². The highest BCUT2D eigenvalue weighted by atomic mass is 32.2. The molecule has 3 heterocycles. The van der Waals surface area contributed by atoms with Gasteiger partial charge < -0.3 is 5.32 Å². The molecule has 2 aromatic rings. The van der Waals surface area contributed by atoms with E-state index < -0.39 is 15.9 Å². The first-order chi connectivity index (χ1) is 12.8. The monoisotopic (exact) mass is 394 g/mol. The lowest BCUT2D eigenvalue weighted by Gasteiger charge is -2.32. The van der Waals surface area contributed by atoms with Crippen molar-refractivity contribution in [3.05, 3.63) is 23.8 Å². The van der Waals surface area contributed by atoms with Crippen molar-refractivity contribution < 1.29 is 13.2 Å². The molecule has 1 atom stereocenters. The summed E-state index contributed by atoms with van der Waals surface area (Å²) in [6.45, 7) is 6.51. The largest absolute Gasteiger partial charge is 0.350 e. The van der Waals surface area contributed by atoms with E-state index in [0.717, 1.165) is 25.0 Å². The molecule has 1 fully saturated rings. The summed E-state index contributed by atoms with van der Waals surface area (Å²) in [4.78, 5) is 20.7. The molecule has 0 bridgehead atoms. The molecular weight excluding hydrogens is 368 g/mol. The van der Waals surface area contributed by atoms with Crippen LogP contribution in [0.25, 0.3) is 5.78 Å². The average molecular weight is 395 g/mol. The lowest BCUT2D eigenvalue weighted by Crippen LogP contribution is -2.45. The van der Waals surface area contributed by atoms with Crippen molar-refractivity contribution in [2.45, 2.75) is 52.0 Å². The summed E-state index contributed by atoms with van der Waals surface area (Å²) in [5, 5.41) is 6.79. The van der Waals surface area contributed by atoms with Gasteiger partial charge in [-0.25, -0.2) is 17.9 Å². The van der Waals surface area contributed by atoms with E-state index in [9.17, 15) is 13.2 Å². The molecule has 1 saturated heterocycles. The molecule has 9 nitrogen and oxygen atoms in total. The minimum absolute atomic E-state index is 0.0186. The fourth-order valence-corrected chi connectivity index (χ4v) is 5.00. The second kappa shape index (κ2) is 7.89. The fraction of sp³-hybridized carbons (Fsp3) is 0.647. The van der Waals surface area contributed by atoms with Crippen LogP contribution in [0.5, 0.6) is 0 Å². The molecule has 0 aromatic carbocycles. The molecule has 0 aliphatic carbocycles. The highest BCUT2D eigenvalue weighted by molar-refractivity contribution is 7.89. The molecule has 27 heavy (non-hydrogen) atoms. The average Bonchev–Trinajstić information content (AvgIpc) is 3.09. The van der Waals surface area contributed by atoms with E-state index in [0.29, 0.717) is 12.3 Å². The number of fused-ring (bicyclic) bond motifs is 1. The molecule has 0 unspecified atom stereocenters. The zero-order valence-corrected chi connectivity index (χ0v) is 16.7. The highest BCUT2D eigenvalue weighted by Gasteiger charge is 2.29. The van der Waals surface area contributed by atoms with E-state index in [4.69, 9.17) is 0 Å². The Kier molecular flexibility index (Phi) is 5.75. The van der Waals surface area contributed by atoms with E-state index >= 15 is 0 Å². The van der Waals surface area contributed by atoms with Crippen molar-refractivity contribution in [1.82, 2.24) is 29.2 Å². The number of amides is 1. The van der Waals surface area contributed by atoms with Crippen LogP contribution in [0.3, 0.4) is 0 Å². The Morgan fingerprint density at radius 3 is 2.85 bits per heavy atom. The van der Waals surface area contributed by atoms with Crippen LogP contribution >= 0.6 is 0 Å². The zero-order chi connectivity index (χ0) is 19.6. The summed E-state index contributed by atoms with van der Waals surface area (Å²) in [5.74, 6) is -0.0528. The topological polar surface area (TPSA) is 110 Å². The molecule has 148 valence electrons. The molecule has 10 heteroatoms. The highest BCUT2D eigenvalue weighted by Crippen LogP contribution is 2.20. The number of carbonyl (C=O) groups is 1. The molecule has 1 aliphatic rings. The van der Waals surface area contributed by atoms with Crippen LogP contribution in [-0.4, -0.2) is 63.1 Å². The van der Waals surface area contributed by atoms with Crippen LogP contribution in [0.1, 0.15) is 62.1 Å². The molecule has 1 aliphatic heterocycles. The Balaban J connectivity index is 1.66. The molecule has 1 amide bonds. The molecule has 0 radical (unpaired) electrons. The lowest BCUT2D eigenvalue weighted by molar-refractivity contribution is 0.0951. The zero-order valence-electron chi connectivity index (χ0n) is 15.9. The van der Waals surface area contributed by atoms with Gasteiger partial charge in [-0.2, -0.15) is 14.4 Å². The minimum atomic E-state index is -3.39. The van der Waals surface area contributed by atoms with Crippen LogP contribution in [0, 0.1) is 0 Å². The number of aromatic nitrogens is 4. The third-order valence-electron chi connectivity index (χ3n) is 4.85. The van der Waals surface area contributed by atoms with Gasteiger partial charge in [0.25, 0.3) is 11.7 Å². The number of hydrogen-bond donors (Lipinski definition) is 1. The van der Waals surface area contributed by atoms with Gasteiger partial charge in [-0.3, -0.25) is 4.79 Å². The van der Waals surface area contributed by atoms with Crippen molar-refractivity contribution in [1.29, 1.82) is 0 Å². The van der Waals surface area contributed by atoms with E-state index in [2.05, 4.69) is 20.4 Å². The molecular formula is C17H26N6O3S.